The first kappa shape index (κ1) is 16.5. The molecule has 6 heteroatoms. The average Bonchev–Trinajstić information content (AvgIpc) is 2.90. The highest BCUT2D eigenvalue weighted by molar-refractivity contribution is 7.21. The number of nitrogens with one attached hydrogen (secondary N) is 1. The maximum Gasteiger partial charge on any atom is 0.261 e. The van der Waals surface area contributed by atoms with Crippen LogP contribution >= 0.6 is 11.3 Å². The number of fused-ring (bicyclic) bond motifs is 1. The van der Waals surface area contributed by atoms with Crippen molar-refractivity contribution in [1.82, 2.24) is 5.32 Å². The SMILES string of the molecule is Cc1c(C(=O)NC[C@H](O)c2cccc(F)c2)sc2cccc(F)c12. The van der Waals surface area contributed by atoms with Crippen molar-refractivity contribution in [2.45, 2.75) is 13.0 Å². The summed E-state index contributed by atoms with van der Waals surface area (Å²) < 4.78 is 27.8. The molecule has 0 saturated carbocycles. The summed E-state index contributed by atoms with van der Waals surface area (Å²) in [6, 6.07) is 10.3. The van der Waals surface area contributed by atoms with Crippen LogP contribution in [0.3, 0.4) is 0 Å². The van der Waals surface area contributed by atoms with Crippen molar-refractivity contribution in [2.24, 2.45) is 0 Å². The Kier molecular flexibility index (Phi) is 4.59. The Morgan fingerprint density at radius 1 is 1.25 bits per heavy atom. The summed E-state index contributed by atoms with van der Waals surface area (Å²) in [5.74, 6) is -1.20. The lowest BCUT2D eigenvalue weighted by Crippen LogP contribution is -2.28. The van der Waals surface area contributed by atoms with E-state index in [0.717, 1.165) is 0 Å². The molecule has 1 amide bonds. The summed E-state index contributed by atoms with van der Waals surface area (Å²) in [5.41, 5.74) is 0.959. The Labute approximate surface area is 141 Å². The summed E-state index contributed by atoms with van der Waals surface area (Å²) in [4.78, 5) is 12.7. The summed E-state index contributed by atoms with van der Waals surface area (Å²) >= 11 is 1.20. The van der Waals surface area contributed by atoms with Crippen LogP contribution in [-0.2, 0) is 0 Å². The number of aliphatic hydroxyl groups excluding tert-OH is 1. The third-order valence-electron chi connectivity index (χ3n) is 3.80. The molecule has 0 radical (unpaired) electrons. The molecule has 0 bridgehead atoms. The van der Waals surface area contributed by atoms with Gasteiger partial charge in [0, 0.05) is 16.6 Å². The lowest BCUT2D eigenvalue weighted by molar-refractivity contribution is 0.0920. The van der Waals surface area contributed by atoms with Gasteiger partial charge >= 0.3 is 0 Å². The molecule has 3 rings (SSSR count). The van der Waals surface area contributed by atoms with E-state index in [1.165, 1.54) is 35.6 Å². The molecule has 0 saturated heterocycles. The molecule has 124 valence electrons. The van der Waals surface area contributed by atoms with Crippen LogP contribution in [0.2, 0.25) is 0 Å². The minimum Gasteiger partial charge on any atom is -0.387 e. The van der Waals surface area contributed by atoms with Crippen LogP contribution in [0.5, 0.6) is 0 Å². The second-order valence-electron chi connectivity index (χ2n) is 5.45. The largest absolute Gasteiger partial charge is 0.387 e. The molecule has 2 aromatic carbocycles. The van der Waals surface area contributed by atoms with E-state index in [9.17, 15) is 18.7 Å². The van der Waals surface area contributed by atoms with Crippen LogP contribution in [0.4, 0.5) is 8.78 Å². The summed E-state index contributed by atoms with van der Waals surface area (Å²) in [6.07, 6.45) is -1.02. The number of halogens is 2. The molecule has 0 aliphatic rings. The van der Waals surface area contributed by atoms with Crippen molar-refractivity contribution >= 4 is 27.3 Å². The Morgan fingerprint density at radius 2 is 2.00 bits per heavy atom. The van der Waals surface area contributed by atoms with Crippen LogP contribution in [0, 0.1) is 18.6 Å². The van der Waals surface area contributed by atoms with Gasteiger partial charge in [0.05, 0.1) is 11.0 Å². The highest BCUT2D eigenvalue weighted by atomic mass is 32.1. The molecule has 1 atom stereocenters. The lowest BCUT2D eigenvalue weighted by Gasteiger charge is -2.12. The van der Waals surface area contributed by atoms with Gasteiger partial charge in [0.1, 0.15) is 11.6 Å². The molecular formula is C18H15F2NO2S. The summed E-state index contributed by atoms with van der Waals surface area (Å²) in [7, 11) is 0. The van der Waals surface area contributed by atoms with E-state index in [2.05, 4.69) is 5.32 Å². The number of rotatable bonds is 4. The predicted octanol–water partition coefficient (Wildman–Crippen LogP) is 3.95. The number of amides is 1. The minimum atomic E-state index is -1.02. The molecule has 1 aromatic heterocycles. The van der Waals surface area contributed by atoms with Crippen molar-refractivity contribution < 1.29 is 18.7 Å². The van der Waals surface area contributed by atoms with Crippen molar-refractivity contribution in [3.8, 4) is 0 Å². The van der Waals surface area contributed by atoms with Gasteiger partial charge in [-0.1, -0.05) is 18.2 Å². The highest BCUT2D eigenvalue weighted by Gasteiger charge is 2.18. The lowest BCUT2D eigenvalue weighted by atomic mass is 10.1. The Morgan fingerprint density at radius 3 is 2.71 bits per heavy atom. The monoisotopic (exact) mass is 347 g/mol. The minimum absolute atomic E-state index is 0.0571. The number of aliphatic hydroxyl groups is 1. The maximum absolute atomic E-state index is 13.9. The average molecular weight is 347 g/mol. The number of carbonyl (C=O) groups excluding carboxylic acids is 1. The molecule has 3 aromatic rings. The van der Waals surface area contributed by atoms with E-state index in [-0.39, 0.29) is 18.3 Å². The summed E-state index contributed by atoms with van der Waals surface area (Å²) in [6.45, 7) is 1.64. The number of aryl methyl sites for hydroxylation is 1. The predicted molar refractivity (Wildman–Crippen MR) is 90.2 cm³/mol. The Balaban J connectivity index is 1.76. The van der Waals surface area contributed by atoms with Gasteiger partial charge in [-0.3, -0.25) is 4.79 Å². The van der Waals surface area contributed by atoms with Gasteiger partial charge in [-0.15, -0.1) is 11.3 Å². The van der Waals surface area contributed by atoms with E-state index in [1.807, 2.05) is 0 Å². The number of benzene rings is 2. The summed E-state index contributed by atoms with van der Waals surface area (Å²) in [5, 5.41) is 13.1. The number of hydrogen-bond acceptors (Lipinski definition) is 3. The first-order valence-corrected chi connectivity index (χ1v) is 8.18. The zero-order valence-electron chi connectivity index (χ0n) is 12.8. The number of thiophene rings is 1. The molecule has 0 spiro atoms. The fraction of sp³-hybridized carbons (Fsp3) is 0.167. The van der Waals surface area contributed by atoms with Crippen LogP contribution in [0.1, 0.15) is 26.9 Å². The van der Waals surface area contributed by atoms with Crippen molar-refractivity contribution in [3.63, 3.8) is 0 Å². The van der Waals surface area contributed by atoms with Crippen LogP contribution in [0.25, 0.3) is 10.1 Å². The van der Waals surface area contributed by atoms with E-state index >= 15 is 0 Å². The standard InChI is InChI=1S/C18H15F2NO2S/c1-10-16-13(20)6-3-7-15(16)24-17(10)18(23)21-9-14(22)11-4-2-5-12(19)8-11/h2-8,14,22H,9H2,1H3,(H,21,23)/t14-/m0/s1. The smallest absolute Gasteiger partial charge is 0.261 e. The van der Waals surface area contributed by atoms with Gasteiger partial charge in [-0.2, -0.15) is 0 Å². The molecule has 24 heavy (non-hydrogen) atoms. The van der Waals surface area contributed by atoms with E-state index in [0.29, 0.717) is 26.1 Å². The van der Waals surface area contributed by atoms with E-state index in [4.69, 9.17) is 0 Å². The van der Waals surface area contributed by atoms with Gasteiger partial charge in [0.25, 0.3) is 5.91 Å². The Bertz CT molecular complexity index is 907. The van der Waals surface area contributed by atoms with Crippen LogP contribution in [-0.4, -0.2) is 17.6 Å². The molecular weight excluding hydrogens is 332 g/mol. The molecule has 0 fully saturated rings. The van der Waals surface area contributed by atoms with Crippen LogP contribution in [0.15, 0.2) is 42.5 Å². The molecule has 2 N–H and O–H groups in total. The van der Waals surface area contributed by atoms with E-state index < -0.39 is 11.9 Å². The van der Waals surface area contributed by atoms with Gasteiger partial charge in [-0.05, 0) is 42.3 Å². The quantitative estimate of drug-likeness (QED) is 0.751. The zero-order valence-corrected chi connectivity index (χ0v) is 13.7. The van der Waals surface area contributed by atoms with Gasteiger partial charge in [0.15, 0.2) is 0 Å². The van der Waals surface area contributed by atoms with Crippen molar-refractivity contribution in [2.75, 3.05) is 6.54 Å². The number of hydrogen-bond donors (Lipinski definition) is 2. The fourth-order valence-electron chi connectivity index (χ4n) is 2.57. The molecule has 0 aliphatic carbocycles. The third kappa shape index (κ3) is 3.16. The second kappa shape index (κ2) is 6.67. The fourth-order valence-corrected chi connectivity index (χ4v) is 3.71. The third-order valence-corrected chi connectivity index (χ3v) is 5.05. The molecule has 0 unspecified atom stereocenters. The van der Waals surface area contributed by atoms with Gasteiger partial charge in [0.2, 0.25) is 0 Å². The molecule has 1 heterocycles. The number of carbonyl (C=O) groups is 1. The Hall–Kier alpha value is -2.31. The van der Waals surface area contributed by atoms with Crippen molar-refractivity contribution in [3.05, 3.63) is 70.1 Å². The second-order valence-corrected chi connectivity index (χ2v) is 6.50. The first-order valence-electron chi connectivity index (χ1n) is 7.36. The van der Waals surface area contributed by atoms with Gasteiger partial charge < -0.3 is 10.4 Å². The van der Waals surface area contributed by atoms with Crippen molar-refractivity contribution in [1.29, 1.82) is 0 Å². The first-order chi connectivity index (χ1) is 11.5. The normalized spacial score (nSPS) is 12.3. The highest BCUT2D eigenvalue weighted by Crippen LogP contribution is 2.32. The molecule has 3 nitrogen and oxygen atoms in total. The maximum atomic E-state index is 13.9. The topological polar surface area (TPSA) is 49.3 Å². The van der Waals surface area contributed by atoms with E-state index in [1.54, 1.807) is 25.1 Å². The molecule has 0 aliphatic heterocycles. The zero-order chi connectivity index (χ0) is 17.3. The van der Waals surface area contributed by atoms with Crippen LogP contribution < -0.4 is 5.32 Å². The van der Waals surface area contributed by atoms with Gasteiger partial charge in [-0.25, -0.2) is 8.78 Å².